The number of carbonyl (C=O) groups is 1. The van der Waals surface area contributed by atoms with Crippen LogP contribution >= 0.6 is 27.5 Å². The highest BCUT2D eigenvalue weighted by Gasteiger charge is 2.15. The molecule has 0 amide bonds. The van der Waals surface area contributed by atoms with E-state index in [2.05, 4.69) is 25.7 Å². The number of esters is 1. The number of halogens is 2. The third kappa shape index (κ3) is 2.04. The lowest BCUT2D eigenvalue weighted by Gasteiger charge is -2.08. The van der Waals surface area contributed by atoms with Crippen LogP contribution in [0.15, 0.2) is 21.4 Å². The van der Waals surface area contributed by atoms with Crippen molar-refractivity contribution >= 4 is 44.4 Å². The van der Waals surface area contributed by atoms with Crippen LogP contribution in [-0.4, -0.2) is 18.1 Å². The quantitative estimate of drug-likeness (QED) is 0.818. The molecule has 1 aromatic carbocycles. The van der Waals surface area contributed by atoms with Gasteiger partial charge in [0.05, 0.1) is 23.0 Å². The Balaban J connectivity index is 2.91. The standard InChI is InChI=1S/C12H9BrClNO3/c1-5-3-6(13)11-9(10(5)14)8(16)4-7(15-11)12(17)18-2/h3-4H,1-2H3,(H,15,16). The number of aryl methyl sites for hydroxylation is 1. The van der Waals surface area contributed by atoms with E-state index < -0.39 is 5.97 Å². The second-order valence-corrected chi connectivity index (χ2v) is 5.01. The monoisotopic (exact) mass is 329 g/mol. The normalized spacial score (nSPS) is 10.7. The van der Waals surface area contributed by atoms with Gasteiger partial charge < -0.3 is 9.72 Å². The van der Waals surface area contributed by atoms with Gasteiger partial charge in [-0.25, -0.2) is 4.79 Å². The fourth-order valence-corrected chi connectivity index (χ4v) is 2.58. The fraction of sp³-hybridized carbons (Fsp3) is 0.167. The van der Waals surface area contributed by atoms with Crippen molar-refractivity contribution in [2.75, 3.05) is 7.11 Å². The van der Waals surface area contributed by atoms with Crippen LogP contribution in [0.4, 0.5) is 0 Å². The van der Waals surface area contributed by atoms with Gasteiger partial charge in [0.25, 0.3) is 0 Å². The van der Waals surface area contributed by atoms with E-state index >= 15 is 0 Å². The van der Waals surface area contributed by atoms with E-state index in [-0.39, 0.29) is 11.1 Å². The number of hydrogen-bond donors (Lipinski definition) is 1. The van der Waals surface area contributed by atoms with Crippen molar-refractivity contribution in [1.82, 2.24) is 4.98 Å². The summed E-state index contributed by atoms with van der Waals surface area (Å²) in [6, 6.07) is 2.97. The highest BCUT2D eigenvalue weighted by Crippen LogP contribution is 2.29. The molecule has 0 aliphatic carbocycles. The van der Waals surface area contributed by atoms with Crippen LogP contribution in [-0.2, 0) is 4.74 Å². The molecule has 0 saturated carbocycles. The highest BCUT2D eigenvalue weighted by molar-refractivity contribution is 9.10. The number of nitrogens with one attached hydrogen (secondary N) is 1. The van der Waals surface area contributed by atoms with Crippen molar-refractivity contribution in [1.29, 1.82) is 0 Å². The van der Waals surface area contributed by atoms with Crippen molar-refractivity contribution in [2.24, 2.45) is 0 Å². The van der Waals surface area contributed by atoms with Crippen LogP contribution in [0.2, 0.25) is 5.02 Å². The van der Waals surface area contributed by atoms with Gasteiger partial charge in [0.15, 0.2) is 5.43 Å². The fourth-order valence-electron chi connectivity index (χ4n) is 1.70. The first-order valence-electron chi connectivity index (χ1n) is 5.05. The zero-order chi connectivity index (χ0) is 13.4. The number of aromatic nitrogens is 1. The molecule has 0 saturated heterocycles. The van der Waals surface area contributed by atoms with Crippen LogP contribution < -0.4 is 5.43 Å². The summed E-state index contributed by atoms with van der Waals surface area (Å²) in [6.45, 7) is 1.81. The molecule has 1 heterocycles. The maximum atomic E-state index is 12.0. The summed E-state index contributed by atoms with van der Waals surface area (Å²) in [5.41, 5.74) is 1.04. The van der Waals surface area contributed by atoms with Gasteiger partial charge in [0.1, 0.15) is 5.69 Å². The molecule has 0 spiro atoms. The zero-order valence-corrected chi connectivity index (χ0v) is 12.0. The first kappa shape index (κ1) is 13.1. The van der Waals surface area contributed by atoms with Gasteiger partial charge in [-0.3, -0.25) is 4.79 Å². The van der Waals surface area contributed by atoms with E-state index in [0.717, 1.165) is 5.56 Å². The molecule has 4 nitrogen and oxygen atoms in total. The number of hydrogen-bond acceptors (Lipinski definition) is 3. The summed E-state index contributed by atoms with van der Waals surface area (Å²) in [6.07, 6.45) is 0. The smallest absolute Gasteiger partial charge is 0.354 e. The average Bonchev–Trinajstić information content (AvgIpc) is 2.34. The third-order valence-corrected chi connectivity index (χ3v) is 3.70. The molecule has 0 unspecified atom stereocenters. The summed E-state index contributed by atoms with van der Waals surface area (Å²) >= 11 is 9.45. The average molecular weight is 331 g/mol. The Bertz CT molecular complexity index is 709. The van der Waals surface area contributed by atoms with E-state index in [9.17, 15) is 9.59 Å². The number of aromatic amines is 1. The number of methoxy groups -OCH3 is 1. The molecular weight excluding hydrogens is 321 g/mol. The molecule has 6 heteroatoms. The number of pyridine rings is 1. The Morgan fingerprint density at radius 3 is 2.72 bits per heavy atom. The van der Waals surface area contributed by atoms with Crippen LogP contribution in [0, 0.1) is 6.92 Å². The lowest BCUT2D eigenvalue weighted by molar-refractivity contribution is 0.0594. The maximum absolute atomic E-state index is 12.0. The number of H-pyrrole nitrogens is 1. The summed E-state index contributed by atoms with van der Waals surface area (Å²) in [7, 11) is 1.25. The molecule has 0 atom stereocenters. The highest BCUT2D eigenvalue weighted by atomic mass is 79.9. The maximum Gasteiger partial charge on any atom is 0.354 e. The minimum absolute atomic E-state index is 0.0932. The van der Waals surface area contributed by atoms with Crippen LogP contribution in [0.1, 0.15) is 16.1 Å². The molecule has 18 heavy (non-hydrogen) atoms. The number of fused-ring (bicyclic) bond motifs is 1. The molecule has 0 bridgehead atoms. The Labute approximate surface area is 116 Å². The minimum Gasteiger partial charge on any atom is -0.464 e. The minimum atomic E-state index is -0.599. The zero-order valence-electron chi connectivity index (χ0n) is 9.64. The van der Waals surface area contributed by atoms with Crippen LogP contribution in [0.3, 0.4) is 0 Å². The van der Waals surface area contributed by atoms with E-state index in [4.69, 9.17) is 11.6 Å². The molecule has 94 valence electrons. The molecular formula is C12H9BrClNO3. The number of ether oxygens (including phenoxy) is 1. The molecule has 2 aromatic rings. The van der Waals surface area contributed by atoms with Gasteiger partial charge in [-0.15, -0.1) is 0 Å². The summed E-state index contributed by atoms with van der Waals surface area (Å²) in [5.74, 6) is -0.599. The second-order valence-electron chi connectivity index (χ2n) is 3.78. The number of carbonyl (C=O) groups excluding carboxylic acids is 1. The lowest BCUT2D eigenvalue weighted by Crippen LogP contribution is -2.12. The molecule has 0 fully saturated rings. The van der Waals surface area contributed by atoms with Crippen LogP contribution in [0.5, 0.6) is 0 Å². The summed E-state index contributed by atoms with van der Waals surface area (Å²) in [5, 5.41) is 0.738. The Morgan fingerprint density at radius 2 is 2.11 bits per heavy atom. The van der Waals surface area contributed by atoms with Gasteiger partial charge >= 0.3 is 5.97 Å². The molecule has 0 radical (unpaired) electrons. The van der Waals surface area contributed by atoms with Crippen molar-refractivity contribution in [3.63, 3.8) is 0 Å². The van der Waals surface area contributed by atoms with Gasteiger partial charge in [-0.1, -0.05) is 11.6 Å². The molecule has 2 rings (SSSR count). The second kappa shape index (κ2) is 4.74. The topological polar surface area (TPSA) is 59.2 Å². The summed E-state index contributed by atoms with van der Waals surface area (Å²) < 4.78 is 5.25. The first-order valence-corrected chi connectivity index (χ1v) is 6.22. The van der Waals surface area contributed by atoms with Gasteiger partial charge in [-0.05, 0) is 34.5 Å². The predicted molar refractivity (Wildman–Crippen MR) is 73.4 cm³/mol. The van der Waals surface area contributed by atoms with Crippen molar-refractivity contribution in [2.45, 2.75) is 6.92 Å². The third-order valence-electron chi connectivity index (χ3n) is 2.58. The predicted octanol–water partition coefficient (Wildman–Crippen LogP) is 3.04. The molecule has 0 aliphatic rings. The number of benzene rings is 1. The van der Waals surface area contributed by atoms with Gasteiger partial charge in [0, 0.05) is 10.5 Å². The largest absolute Gasteiger partial charge is 0.464 e. The van der Waals surface area contributed by atoms with Crippen molar-refractivity contribution < 1.29 is 9.53 Å². The Kier molecular flexibility index (Phi) is 3.45. The molecule has 0 aliphatic heterocycles. The number of rotatable bonds is 1. The van der Waals surface area contributed by atoms with Gasteiger partial charge in [-0.2, -0.15) is 0 Å². The van der Waals surface area contributed by atoms with E-state index in [1.165, 1.54) is 13.2 Å². The Hall–Kier alpha value is -1.33. The summed E-state index contributed by atoms with van der Waals surface area (Å²) in [4.78, 5) is 26.3. The lowest BCUT2D eigenvalue weighted by atomic mass is 10.1. The van der Waals surface area contributed by atoms with Crippen molar-refractivity contribution in [3.05, 3.63) is 43.1 Å². The van der Waals surface area contributed by atoms with Crippen LogP contribution in [0.25, 0.3) is 10.9 Å². The van der Waals surface area contributed by atoms with Gasteiger partial charge in [0.2, 0.25) is 0 Å². The van der Waals surface area contributed by atoms with Crippen molar-refractivity contribution in [3.8, 4) is 0 Å². The molecule has 1 aromatic heterocycles. The Morgan fingerprint density at radius 1 is 1.44 bits per heavy atom. The van der Waals surface area contributed by atoms with E-state index in [1.807, 2.05) is 0 Å². The van der Waals surface area contributed by atoms with E-state index in [1.54, 1.807) is 13.0 Å². The first-order chi connectivity index (χ1) is 8.45. The van der Waals surface area contributed by atoms with E-state index in [0.29, 0.717) is 20.4 Å². The SMILES string of the molecule is COC(=O)c1cc(=O)c2c(Cl)c(C)cc(Br)c2[nH]1. The molecule has 1 N–H and O–H groups in total.